The number of nitrogens with zero attached hydrogens (tertiary/aromatic N) is 2. The topological polar surface area (TPSA) is 98.4 Å². The molecule has 0 aliphatic rings. The average molecular weight is 535 g/mol. The third-order valence-electron chi connectivity index (χ3n) is 6.37. The summed E-state index contributed by atoms with van der Waals surface area (Å²) >= 11 is 1.17. The van der Waals surface area contributed by atoms with Crippen LogP contribution in [0.15, 0.2) is 86.1 Å². The van der Waals surface area contributed by atoms with Gasteiger partial charge in [-0.1, -0.05) is 62.4 Å². The lowest BCUT2D eigenvalue weighted by molar-refractivity contribution is 0.473. The Morgan fingerprint density at radius 1 is 0.973 bits per heavy atom. The molecule has 2 heterocycles. The van der Waals surface area contributed by atoms with Crippen molar-refractivity contribution in [3.8, 4) is 5.75 Å². The van der Waals surface area contributed by atoms with E-state index in [1.54, 1.807) is 0 Å². The number of fused-ring (bicyclic) bond motifs is 2. The van der Waals surface area contributed by atoms with Crippen LogP contribution in [0.1, 0.15) is 24.3 Å². The standard InChI is InChI=1S/C28H26N2O5S2/c1-17(2)16-30-27-24(26(32)29(3)28(30)33)25(37(34,35)21-12-7-11-20(31)15-21)23(36-27)14-19-10-6-9-18-8-4-5-13-22(18)19/h4-13,15,17,31H,14,16H2,1-3H3. The summed E-state index contributed by atoms with van der Waals surface area (Å²) in [5.41, 5.74) is -0.226. The number of sulfone groups is 1. The van der Waals surface area contributed by atoms with E-state index in [0.717, 1.165) is 20.9 Å². The van der Waals surface area contributed by atoms with Gasteiger partial charge in [-0.3, -0.25) is 13.9 Å². The summed E-state index contributed by atoms with van der Waals surface area (Å²) in [6, 6.07) is 19.1. The second-order valence-corrected chi connectivity index (χ2v) is 12.5. The van der Waals surface area contributed by atoms with Gasteiger partial charge in [0.05, 0.1) is 10.3 Å². The van der Waals surface area contributed by atoms with Crippen molar-refractivity contribution < 1.29 is 13.5 Å². The molecule has 190 valence electrons. The summed E-state index contributed by atoms with van der Waals surface area (Å²) in [7, 11) is -2.86. The number of aromatic nitrogens is 2. The third kappa shape index (κ3) is 4.28. The van der Waals surface area contributed by atoms with E-state index in [0.29, 0.717) is 16.3 Å². The van der Waals surface area contributed by atoms with Gasteiger partial charge in [-0.15, -0.1) is 11.3 Å². The molecule has 0 atom stereocenters. The van der Waals surface area contributed by atoms with Gasteiger partial charge in [0.15, 0.2) is 0 Å². The van der Waals surface area contributed by atoms with Crippen molar-refractivity contribution in [3.05, 3.63) is 98.0 Å². The highest BCUT2D eigenvalue weighted by Crippen LogP contribution is 2.38. The second kappa shape index (κ2) is 9.32. The molecule has 0 unspecified atom stereocenters. The largest absolute Gasteiger partial charge is 0.508 e. The van der Waals surface area contributed by atoms with Gasteiger partial charge in [0.2, 0.25) is 9.84 Å². The predicted molar refractivity (Wildman–Crippen MR) is 146 cm³/mol. The maximum Gasteiger partial charge on any atom is 0.331 e. The van der Waals surface area contributed by atoms with E-state index in [1.807, 2.05) is 56.3 Å². The van der Waals surface area contributed by atoms with E-state index >= 15 is 0 Å². The Morgan fingerprint density at radius 3 is 2.41 bits per heavy atom. The molecule has 5 rings (SSSR count). The number of thiophene rings is 1. The average Bonchev–Trinajstić information content (AvgIpc) is 3.25. The van der Waals surface area contributed by atoms with Crippen LogP contribution in [-0.4, -0.2) is 22.7 Å². The molecule has 0 amide bonds. The Kier molecular flexibility index (Phi) is 6.29. The first-order valence-electron chi connectivity index (χ1n) is 11.9. The van der Waals surface area contributed by atoms with Crippen LogP contribution in [-0.2, 0) is 29.9 Å². The molecule has 37 heavy (non-hydrogen) atoms. The van der Waals surface area contributed by atoms with Crippen LogP contribution in [0.25, 0.3) is 21.0 Å². The van der Waals surface area contributed by atoms with Gasteiger partial charge < -0.3 is 5.11 Å². The van der Waals surface area contributed by atoms with Crippen LogP contribution in [0.4, 0.5) is 0 Å². The van der Waals surface area contributed by atoms with E-state index < -0.39 is 21.1 Å². The fourth-order valence-corrected chi connectivity index (χ4v) is 7.99. The second-order valence-electron chi connectivity index (χ2n) is 9.50. The predicted octanol–water partition coefficient (Wildman–Crippen LogP) is 4.70. The van der Waals surface area contributed by atoms with Gasteiger partial charge in [-0.25, -0.2) is 13.2 Å². The molecule has 0 bridgehead atoms. The molecule has 0 fully saturated rings. The molecule has 2 aromatic heterocycles. The number of phenols is 1. The van der Waals surface area contributed by atoms with Crippen molar-refractivity contribution >= 4 is 42.2 Å². The summed E-state index contributed by atoms with van der Waals surface area (Å²) in [4.78, 5) is 27.2. The minimum absolute atomic E-state index is 0.00586. The third-order valence-corrected chi connectivity index (χ3v) is 9.58. The molecule has 9 heteroatoms. The van der Waals surface area contributed by atoms with Gasteiger partial charge in [0, 0.05) is 24.9 Å². The molecule has 0 radical (unpaired) electrons. The van der Waals surface area contributed by atoms with Crippen molar-refractivity contribution in [2.75, 3.05) is 0 Å². The lowest BCUT2D eigenvalue weighted by Crippen LogP contribution is -2.38. The van der Waals surface area contributed by atoms with Gasteiger partial charge >= 0.3 is 5.69 Å². The summed E-state index contributed by atoms with van der Waals surface area (Å²) in [6.45, 7) is 4.25. The van der Waals surface area contributed by atoms with Crippen LogP contribution in [0.5, 0.6) is 5.75 Å². The number of rotatable bonds is 6. The molecular formula is C28H26N2O5S2. The molecular weight excluding hydrogens is 508 g/mol. The molecule has 1 N–H and O–H groups in total. The van der Waals surface area contributed by atoms with E-state index in [-0.39, 0.29) is 33.3 Å². The van der Waals surface area contributed by atoms with Gasteiger partial charge in [0.25, 0.3) is 5.56 Å². The highest BCUT2D eigenvalue weighted by Gasteiger charge is 2.31. The zero-order valence-corrected chi connectivity index (χ0v) is 22.3. The fraction of sp³-hybridized carbons (Fsp3) is 0.214. The van der Waals surface area contributed by atoms with E-state index in [4.69, 9.17) is 0 Å². The summed E-state index contributed by atoms with van der Waals surface area (Å²) in [5, 5.41) is 12.0. The zero-order valence-electron chi connectivity index (χ0n) is 20.6. The van der Waals surface area contributed by atoms with Gasteiger partial charge in [0.1, 0.15) is 15.5 Å². The Bertz CT molecular complexity index is 1890. The maximum absolute atomic E-state index is 14.1. The first-order chi connectivity index (χ1) is 17.6. The zero-order chi connectivity index (χ0) is 26.5. The summed E-state index contributed by atoms with van der Waals surface area (Å²) < 4.78 is 30.6. The van der Waals surface area contributed by atoms with Crippen molar-refractivity contribution in [3.63, 3.8) is 0 Å². The van der Waals surface area contributed by atoms with E-state index in [1.165, 1.54) is 47.2 Å². The lowest BCUT2D eigenvalue weighted by atomic mass is 10.0. The van der Waals surface area contributed by atoms with Crippen molar-refractivity contribution in [1.82, 2.24) is 9.13 Å². The lowest BCUT2D eigenvalue weighted by Gasteiger charge is -2.12. The molecule has 5 aromatic rings. The van der Waals surface area contributed by atoms with Crippen LogP contribution < -0.4 is 11.2 Å². The number of phenolic OH excluding ortho intramolecular Hbond substituents is 1. The highest BCUT2D eigenvalue weighted by molar-refractivity contribution is 7.92. The smallest absolute Gasteiger partial charge is 0.331 e. The van der Waals surface area contributed by atoms with Crippen LogP contribution in [0.2, 0.25) is 0 Å². The molecule has 0 saturated carbocycles. The Morgan fingerprint density at radius 2 is 1.68 bits per heavy atom. The SMILES string of the molecule is CC(C)Cn1c(=O)n(C)c(=O)c2c(S(=O)(=O)c3cccc(O)c3)c(Cc3cccc4ccccc34)sc21. The molecule has 0 saturated heterocycles. The van der Waals surface area contributed by atoms with Crippen LogP contribution in [0.3, 0.4) is 0 Å². The Labute approximate surface area is 217 Å². The van der Waals surface area contributed by atoms with Crippen molar-refractivity contribution in [2.24, 2.45) is 13.0 Å². The minimum atomic E-state index is -4.22. The maximum atomic E-state index is 14.1. The Balaban J connectivity index is 1.88. The first kappa shape index (κ1) is 25.0. The van der Waals surface area contributed by atoms with Gasteiger partial charge in [-0.2, -0.15) is 0 Å². The number of hydrogen-bond donors (Lipinski definition) is 1. The monoisotopic (exact) mass is 534 g/mol. The molecule has 0 aliphatic heterocycles. The summed E-state index contributed by atoms with van der Waals surface area (Å²) in [6.07, 6.45) is 0.257. The normalized spacial score (nSPS) is 12.1. The Hall–Kier alpha value is -3.69. The van der Waals surface area contributed by atoms with Crippen LogP contribution >= 0.6 is 11.3 Å². The number of aromatic hydroxyl groups is 1. The van der Waals surface area contributed by atoms with Crippen molar-refractivity contribution in [1.29, 1.82) is 0 Å². The minimum Gasteiger partial charge on any atom is -0.508 e. The van der Waals surface area contributed by atoms with Gasteiger partial charge in [-0.05, 0) is 40.5 Å². The molecule has 0 aliphatic carbocycles. The highest BCUT2D eigenvalue weighted by atomic mass is 32.2. The molecule has 7 nitrogen and oxygen atoms in total. The first-order valence-corrected chi connectivity index (χ1v) is 14.2. The number of benzene rings is 3. The van der Waals surface area contributed by atoms with Crippen LogP contribution in [0, 0.1) is 5.92 Å². The molecule has 3 aromatic carbocycles. The quantitative estimate of drug-likeness (QED) is 0.341. The molecule has 0 spiro atoms. The fourth-order valence-electron chi connectivity index (χ4n) is 4.67. The van der Waals surface area contributed by atoms with E-state index in [2.05, 4.69) is 0 Å². The number of hydrogen-bond acceptors (Lipinski definition) is 6. The summed E-state index contributed by atoms with van der Waals surface area (Å²) in [5.74, 6) is -0.103. The van der Waals surface area contributed by atoms with Crippen molar-refractivity contribution in [2.45, 2.75) is 36.6 Å². The van der Waals surface area contributed by atoms with E-state index in [9.17, 15) is 23.1 Å².